The van der Waals surface area contributed by atoms with Crippen LogP contribution in [0.3, 0.4) is 0 Å². The Kier molecular flexibility index (Phi) is 5.08. The van der Waals surface area contributed by atoms with Gasteiger partial charge in [-0.3, -0.25) is 10.1 Å². The van der Waals surface area contributed by atoms with Gasteiger partial charge in [-0.2, -0.15) is 0 Å². The Morgan fingerprint density at radius 1 is 1.27 bits per heavy atom. The molecule has 2 rings (SSSR count). The van der Waals surface area contributed by atoms with Gasteiger partial charge in [0.05, 0.1) is 11.1 Å². The molecule has 0 unspecified atom stereocenters. The lowest BCUT2D eigenvalue weighted by Gasteiger charge is -2.19. The van der Waals surface area contributed by atoms with Crippen molar-refractivity contribution in [2.45, 2.75) is 6.92 Å². The molecule has 0 N–H and O–H groups in total. The highest BCUT2D eigenvalue weighted by atomic mass is 16.6. The molecule has 0 bridgehead atoms. The van der Waals surface area contributed by atoms with Crippen LogP contribution in [0.1, 0.15) is 12.5 Å². The highest BCUT2D eigenvalue weighted by Crippen LogP contribution is 2.32. The van der Waals surface area contributed by atoms with Gasteiger partial charge in [-0.05, 0) is 25.1 Å². The molecule has 2 aromatic carbocycles. The number of anilines is 2. The van der Waals surface area contributed by atoms with Crippen LogP contribution in [0, 0.1) is 10.1 Å². The van der Waals surface area contributed by atoms with Crippen LogP contribution < -0.4 is 4.90 Å². The van der Waals surface area contributed by atoms with Gasteiger partial charge in [-0.1, -0.05) is 29.4 Å². The van der Waals surface area contributed by atoms with E-state index < -0.39 is 4.92 Å². The number of para-hydroxylation sites is 1. The van der Waals surface area contributed by atoms with Crippen molar-refractivity contribution in [3.8, 4) is 0 Å². The predicted molar refractivity (Wildman–Crippen MR) is 86.8 cm³/mol. The van der Waals surface area contributed by atoms with Gasteiger partial charge < -0.3 is 9.74 Å². The van der Waals surface area contributed by atoms with E-state index in [1.807, 2.05) is 37.3 Å². The molecule has 0 aromatic heterocycles. The maximum atomic E-state index is 11.3. The molecule has 6 heteroatoms. The average Bonchev–Trinajstić information content (AvgIpc) is 2.55. The van der Waals surface area contributed by atoms with Crippen LogP contribution in [0.25, 0.3) is 0 Å². The summed E-state index contributed by atoms with van der Waals surface area (Å²) in [5.74, 6) is 0. The molecular formula is C16H17N3O3. The van der Waals surface area contributed by atoms with E-state index in [1.54, 1.807) is 24.1 Å². The Balaban J connectivity index is 2.37. The molecule has 0 saturated heterocycles. The zero-order valence-electron chi connectivity index (χ0n) is 12.5. The highest BCUT2D eigenvalue weighted by Gasteiger charge is 2.18. The fraction of sp³-hybridized carbons (Fsp3) is 0.188. The molecule has 0 heterocycles. The van der Waals surface area contributed by atoms with E-state index in [4.69, 9.17) is 4.84 Å². The Labute approximate surface area is 128 Å². The van der Waals surface area contributed by atoms with Crippen LogP contribution >= 0.6 is 0 Å². The maximum absolute atomic E-state index is 11.3. The minimum absolute atomic E-state index is 0.0202. The number of nitrogens with zero attached hydrogens (tertiary/aromatic N) is 3. The second kappa shape index (κ2) is 7.21. The SMILES string of the molecule is CCO/N=C\c1ccc(N(C)c2ccccc2)c([N+](=O)[O-])c1. The van der Waals surface area contributed by atoms with E-state index in [2.05, 4.69) is 5.16 Å². The largest absolute Gasteiger partial charge is 0.396 e. The van der Waals surface area contributed by atoms with Gasteiger partial charge in [-0.25, -0.2) is 0 Å². The smallest absolute Gasteiger partial charge is 0.293 e. The van der Waals surface area contributed by atoms with Crippen molar-refractivity contribution in [3.63, 3.8) is 0 Å². The molecule has 0 aliphatic rings. The standard InChI is InChI=1S/C16H17N3O3/c1-3-22-17-12-13-9-10-15(16(11-13)19(20)21)18(2)14-7-5-4-6-8-14/h4-12H,3H2,1-2H3/b17-12-. The quantitative estimate of drug-likeness (QED) is 0.463. The summed E-state index contributed by atoms with van der Waals surface area (Å²) in [5, 5.41) is 15.1. The molecule has 0 aliphatic carbocycles. The summed E-state index contributed by atoms with van der Waals surface area (Å²) >= 11 is 0. The monoisotopic (exact) mass is 299 g/mol. The Hall–Kier alpha value is -2.89. The lowest BCUT2D eigenvalue weighted by atomic mass is 10.1. The van der Waals surface area contributed by atoms with E-state index in [1.165, 1.54) is 12.3 Å². The second-order valence-corrected chi connectivity index (χ2v) is 4.55. The molecule has 0 atom stereocenters. The molecule has 0 spiro atoms. The Bertz CT molecular complexity index is 672. The van der Waals surface area contributed by atoms with Crippen molar-refractivity contribution in [1.82, 2.24) is 0 Å². The third kappa shape index (κ3) is 3.60. The third-order valence-electron chi connectivity index (χ3n) is 3.11. The number of hydrogen-bond acceptors (Lipinski definition) is 5. The highest BCUT2D eigenvalue weighted by molar-refractivity contribution is 5.84. The van der Waals surface area contributed by atoms with Crippen molar-refractivity contribution >= 4 is 23.3 Å². The van der Waals surface area contributed by atoms with E-state index in [9.17, 15) is 10.1 Å². The minimum atomic E-state index is -0.396. The van der Waals surface area contributed by atoms with E-state index in [-0.39, 0.29) is 5.69 Å². The summed E-state index contributed by atoms with van der Waals surface area (Å²) < 4.78 is 0. The first-order valence-corrected chi connectivity index (χ1v) is 6.86. The summed E-state index contributed by atoms with van der Waals surface area (Å²) in [7, 11) is 1.80. The number of nitro groups is 1. The van der Waals surface area contributed by atoms with Crippen LogP contribution in [0.15, 0.2) is 53.7 Å². The lowest BCUT2D eigenvalue weighted by molar-refractivity contribution is -0.384. The van der Waals surface area contributed by atoms with Crippen LogP contribution in [0.2, 0.25) is 0 Å². The number of benzene rings is 2. The predicted octanol–water partition coefficient (Wildman–Crippen LogP) is 3.73. The normalized spacial score (nSPS) is 10.6. The average molecular weight is 299 g/mol. The first-order valence-electron chi connectivity index (χ1n) is 6.86. The third-order valence-corrected chi connectivity index (χ3v) is 3.11. The van der Waals surface area contributed by atoms with Crippen LogP contribution in [0.4, 0.5) is 17.1 Å². The lowest BCUT2D eigenvalue weighted by Crippen LogP contribution is -2.11. The molecule has 0 aliphatic heterocycles. The van der Waals surface area contributed by atoms with Gasteiger partial charge in [0, 0.05) is 24.4 Å². The summed E-state index contributed by atoms with van der Waals surface area (Å²) in [5.41, 5.74) is 2.03. The van der Waals surface area contributed by atoms with Crippen molar-refractivity contribution in [3.05, 3.63) is 64.2 Å². The summed E-state index contributed by atoms with van der Waals surface area (Å²) in [6.07, 6.45) is 1.46. The summed E-state index contributed by atoms with van der Waals surface area (Å²) in [6.45, 7) is 2.27. The topological polar surface area (TPSA) is 68.0 Å². The van der Waals surface area contributed by atoms with Gasteiger partial charge in [-0.15, -0.1) is 0 Å². The molecule has 114 valence electrons. The first-order chi connectivity index (χ1) is 10.6. The second-order valence-electron chi connectivity index (χ2n) is 4.55. The van der Waals surface area contributed by atoms with Crippen LogP contribution in [0.5, 0.6) is 0 Å². The molecule has 0 radical (unpaired) electrons. The van der Waals surface area contributed by atoms with Crippen molar-refractivity contribution in [2.24, 2.45) is 5.16 Å². The summed E-state index contributed by atoms with van der Waals surface area (Å²) in [6, 6.07) is 14.4. The molecule has 22 heavy (non-hydrogen) atoms. The molecule has 0 amide bonds. The molecule has 0 fully saturated rings. The van der Waals surface area contributed by atoms with Gasteiger partial charge in [0.2, 0.25) is 0 Å². The van der Waals surface area contributed by atoms with Gasteiger partial charge in [0.25, 0.3) is 5.69 Å². The van der Waals surface area contributed by atoms with Crippen molar-refractivity contribution in [2.75, 3.05) is 18.6 Å². The number of hydrogen-bond donors (Lipinski definition) is 0. The van der Waals surface area contributed by atoms with E-state index in [0.717, 1.165) is 5.69 Å². The Morgan fingerprint density at radius 3 is 2.64 bits per heavy atom. The van der Waals surface area contributed by atoms with E-state index >= 15 is 0 Å². The molecule has 0 saturated carbocycles. The van der Waals surface area contributed by atoms with Crippen LogP contribution in [-0.2, 0) is 4.84 Å². The zero-order chi connectivity index (χ0) is 15.9. The maximum Gasteiger partial charge on any atom is 0.293 e. The fourth-order valence-electron chi connectivity index (χ4n) is 2.01. The first kappa shape index (κ1) is 15.5. The van der Waals surface area contributed by atoms with E-state index in [0.29, 0.717) is 17.9 Å². The number of oxime groups is 1. The fourth-order valence-corrected chi connectivity index (χ4v) is 2.01. The molecule has 6 nitrogen and oxygen atoms in total. The van der Waals surface area contributed by atoms with Crippen molar-refractivity contribution < 1.29 is 9.76 Å². The van der Waals surface area contributed by atoms with Crippen LogP contribution in [-0.4, -0.2) is 24.8 Å². The van der Waals surface area contributed by atoms with Gasteiger partial charge >= 0.3 is 0 Å². The van der Waals surface area contributed by atoms with Crippen molar-refractivity contribution in [1.29, 1.82) is 0 Å². The zero-order valence-corrected chi connectivity index (χ0v) is 12.5. The molecular weight excluding hydrogens is 282 g/mol. The van der Waals surface area contributed by atoms with Gasteiger partial charge in [0.1, 0.15) is 12.3 Å². The minimum Gasteiger partial charge on any atom is -0.396 e. The molecule has 2 aromatic rings. The number of rotatable bonds is 6. The summed E-state index contributed by atoms with van der Waals surface area (Å²) in [4.78, 5) is 17.6. The Morgan fingerprint density at radius 2 is 2.00 bits per heavy atom. The number of nitro benzene ring substituents is 1. The van der Waals surface area contributed by atoms with Gasteiger partial charge in [0.15, 0.2) is 0 Å².